The lowest BCUT2D eigenvalue weighted by atomic mass is 9.97. The normalized spacial score (nSPS) is 11.4. The van der Waals surface area contributed by atoms with Crippen LogP contribution in [0.25, 0.3) is 11.1 Å². The van der Waals surface area contributed by atoms with Gasteiger partial charge in [0.2, 0.25) is 0 Å². The lowest BCUT2D eigenvalue weighted by Gasteiger charge is -2.13. The molecule has 0 aliphatic carbocycles. The van der Waals surface area contributed by atoms with Crippen molar-refractivity contribution in [1.29, 1.82) is 0 Å². The number of benzene rings is 2. The minimum Gasteiger partial charge on any atom is -0.481 e. The lowest BCUT2D eigenvalue weighted by molar-refractivity contribution is -0.139. The van der Waals surface area contributed by atoms with E-state index in [1.54, 1.807) is 6.07 Å². The van der Waals surface area contributed by atoms with Crippen LogP contribution in [0.4, 0.5) is 17.6 Å². The zero-order chi connectivity index (χ0) is 15.6. The molecule has 0 unspecified atom stereocenters. The van der Waals surface area contributed by atoms with Crippen molar-refractivity contribution >= 4 is 5.97 Å². The molecule has 110 valence electrons. The summed E-state index contributed by atoms with van der Waals surface area (Å²) < 4.78 is 52.2. The molecule has 0 saturated carbocycles. The van der Waals surface area contributed by atoms with E-state index in [1.165, 1.54) is 18.2 Å². The van der Waals surface area contributed by atoms with E-state index in [2.05, 4.69) is 0 Å². The van der Waals surface area contributed by atoms with Gasteiger partial charge in [-0.1, -0.05) is 24.3 Å². The second-order valence-electron chi connectivity index (χ2n) is 4.42. The first-order valence-corrected chi connectivity index (χ1v) is 5.96. The summed E-state index contributed by atoms with van der Waals surface area (Å²) in [6.45, 7) is 0. The fourth-order valence-electron chi connectivity index (χ4n) is 2.04. The minimum atomic E-state index is -4.65. The Labute approximate surface area is 117 Å². The van der Waals surface area contributed by atoms with Gasteiger partial charge in [0.15, 0.2) is 0 Å². The average Bonchev–Trinajstić information content (AvgIpc) is 2.37. The zero-order valence-electron chi connectivity index (χ0n) is 10.6. The van der Waals surface area contributed by atoms with Gasteiger partial charge in [-0.2, -0.15) is 13.2 Å². The van der Waals surface area contributed by atoms with Crippen LogP contribution in [0.1, 0.15) is 11.1 Å². The summed E-state index contributed by atoms with van der Waals surface area (Å²) in [7, 11) is 0. The Morgan fingerprint density at radius 3 is 2.33 bits per heavy atom. The molecule has 2 aromatic rings. The number of hydrogen-bond acceptors (Lipinski definition) is 1. The van der Waals surface area contributed by atoms with E-state index >= 15 is 0 Å². The van der Waals surface area contributed by atoms with E-state index in [1.807, 2.05) is 0 Å². The van der Waals surface area contributed by atoms with E-state index in [-0.39, 0.29) is 11.1 Å². The van der Waals surface area contributed by atoms with E-state index in [9.17, 15) is 22.4 Å². The smallest absolute Gasteiger partial charge is 0.416 e. The lowest BCUT2D eigenvalue weighted by Crippen LogP contribution is -2.12. The number of rotatable bonds is 3. The molecular formula is C15H10F4O2. The van der Waals surface area contributed by atoms with E-state index < -0.39 is 35.5 Å². The highest BCUT2D eigenvalue weighted by atomic mass is 19.4. The van der Waals surface area contributed by atoms with Crippen molar-refractivity contribution in [3.05, 3.63) is 59.4 Å². The second-order valence-corrected chi connectivity index (χ2v) is 4.42. The molecule has 0 aliphatic heterocycles. The van der Waals surface area contributed by atoms with Gasteiger partial charge in [-0.15, -0.1) is 0 Å². The third kappa shape index (κ3) is 3.39. The highest BCUT2D eigenvalue weighted by Gasteiger charge is 2.33. The van der Waals surface area contributed by atoms with Gasteiger partial charge >= 0.3 is 12.1 Å². The number of alkyl halides is 3. The van der Waals surface area contributed by atoms with Gasteiger partial charge < -0.3 is 5.11 Å². The van der Waals surface area contributed by atoms with Crippen LogP contribution in [0.5, 0.6) is 0 Å². The average molecular weight is 298 g/mol. The molecule has 0 spiro atoms. The highest BCUT2D eigenvalue weighted by molar-refractivity contribution is 5.73. The van der Waals surface area contributed by atoms with Crippen LogP contribution >= 0.6 is 0 Å². The van der Waals surface area contributed by atoms with Crippen molar-refractivity contribution in [3.8, 4) is 11.1 Å². The molecule has 0 heterocycles. The fourth-order valence-corrected chi connectivity index (χ4v) is 2.04. The van der Waals surface area contributed by atoms with Crippen LogP contribution in [0.3, 0.4) is 0 Å². The third-order valence-corrected chi connectivity index (χ3v) is 2.94. The van der Waals surface area contributed by atoms with Crippen molar-refractivity contribution in [3.63, 3.8) is 0 Å². The zero-order valence-corrected chi connectivity index (χ0v) is 10.6. The molecule has 2 rings (SSSR count). The Kier molecular flexibility index (Phi) is 3.97. The molecule has 0 radical (unpaired) electrons. The number of aliphatic carboxylic acids is 1. The van der Waals surface area contributed by atoms with Crippen molar-refractivity contribution < 1.29 is 27.5 Å². The quantitative estimate of drug-likeness (QED) is 0.865. The summed E-state index contributed by atoms with van der Waals surface area (Å²) in [5.74, 6) is -1.97. The fraction of sp³-hybridized carbons (Fsp3) is 0.133. The molecule has 1 N–H and O–H groups in total. The van der Waals surface area contributed by atoms with Crippen LogP contribution in [-0.2, 0) is 17.4 Å². The first-order chi connectivity index (χ1) is 9.79. The van der Waals surface area contributed by atoms with Crippen LogP contribution in [0, 0.1) is 5.82 Å². The summed E-state index contributed by atoms with van der Waals surface area (Å²) >= 11 is 0. The van der Waals surface area contributed by atoms with Gasteiger partial charge in [0, 0.05) is 5.56 Å². The first-order valence-electron chi connectivity index (χ1n) is 5.96. The maximum atomic E-state index is 13.7. The number of carboxylic acids is 1. The summed E-state index contributed by atoms with van der Waals surface area (Å²) in [5, 5.41) is 8.73. The van der Waals surface area contributed by atoms with Gasteiger partial charge in [0.05, 0.1) is 12.0 Å². The Morgan fingerprint density at radius 1 is 1.10 bits per heavy atom. The van der Waals surface area contributed by atoms with Gasteiger partial charge in [-0.25, -0.2) is 4.39 Å². The molecule has 6 heteroatoms. The van der Waals surface area contributed by atoms with Gasteiger partial charge in [-0.3, -0.25) is 4.79 Å². The van der Waals surface area contributed by atoms with E-state index in [4.69, 9.17) is 5.11 Å². The summed E-state index contributed by atoms with van der Waals surface area (Å²) in [6, 6.07) is 8.59. The monoisotopic (exact) mass is 298 g/mol. The Bertz CT molecular complexity index is 678. The molecule has 0 aliphatic rings. The molecule has 0 atom stereocenters. The number of halogens is 4. The van der Waals surface area contributed by atoms with Gasteiger partial charge in [-0.05, 0) is 29.3 Å². The molecule has 2 nitrogen and oxygen atoms in total. The summed E-state index contributed by atoms with van der Waals surface area (Å²) in [5.41, 5.74) is -1.09. The minimum absolute atomic E-state index is 0.123. The molecular weight excluding hydrogens is 288 g/mol. The first kappa shape index (κ1) is 15.0. The van der Waals surface area contributed by atoms with Crippen LogP contribution in [0.2, 0.25) is 0 Å². The summed E-state index contributed by atoms with van der Waals surface area (Å²) in [6.07, 6.45) is -5.43. The topological polar surface area (TPSA) is 37.3 Å². The van der Waals surface area contributed by atoms with Gasteiger partial charge in [0.1, 0.15) is 5.82 Å². The van der Waals surface area contributed by atoms with Crippen molar-refractivity contribution in [2.45, 2.75) is 12.6 Å². The van der Waals surface area contributed by atoms with Gasteiger partial charge in [0.25, 0.3) is 0 Å². The largest absolute Gasteiger partial charge is 0.481 e. The SMILES string of the molecule is O=C(O)Cc1cc(-c2ccccc2F)ccc1C(F)(F)F. The highest BCUT2D eigenvalue weighted by Crippen LogP contribution is 2.35. The van der Waals surface area contributed by atoms with Crippen molar-refractivity contribution in [1.82, 2.24) is 0 Å². The summed E-state index contributed by atoms with van der Waals surface area (Å²) in [4.78, 5) is 10.7. The van der Waals surface area contributed by atoms with Crippen LogP contribution in [0.15, 0.2) is 42.5 Å². The molecule has 2 aromatic carbocycles. The molecule has 0 bridgehead atoms. The van der Waals surface area contributed by atoms with Crippen LogP contribution in [-0.4, -0.2) is 11.1 Å². The molecule has 0 amide bonds. The standard InChI is InChI=1S/C15H10F4O2/c16-13-4-2-1-3-11(13)9-5-6-12(15(17,18)19)10(7-9)8-14(20)21/h1-7H,8H2,(H,20,21). The van der Waals surface area contributed by atoms with Crippen LogP contribution < -0.4 is 0 Å². The molecule has 0 aromatic heterocycles. The second kappa shape index (κ2) is 5.55. The Balaban J connectivity index is 2.57. The number of hydrogen-bond donors (Lipinski definition) is 1. The maximum absolute atomic E-state index is 13.7. The molecule has 21 heavy (non-hydrogen) atoms. The maximum Gasteiger partial charge on any atom is 0.416 e. The Morgan fingerprint density at radius 2 is 1.76 bits per heavy atom. The van der Waals surface area contributed by atoms with Crippen molar-refractivity contribution in [2.75, 3.05) is 0 Å². The Hall–Kier alpha value is -2.37. The van der Waals surface area contributed by atoms with E-state index in [0.29, 0.717) is 0 Å². The number of carbonyl (C=O) groups is 1. The van der Waals surface area contributed by atoms with Crippen molar-refractivity contribution in [2.24, 2.45) is 0 Å². The molecule has 0 saturated heterocycles. The predicted molar refractivity (Wildman–Crippen MR) is 68.2 cm³/mol. The third-order valence-electron chi connectivity index (χ3n) is 2.94. The predicted octanol–water partition coefficient (Wildman–Crippen LogP) is 4.14. The number of carboxylic acid groups (broad SMARTS) is 1. The van der Waals surface area contributed by atoms with E-state index in [0.717, 1.165) is 18.2 Å². The molecule has 0 fully saturated rings.